The van der Waals surface area contributed by atoms with E-state index in [4.69, 9.17) is 0 Å². The number of nitrogens with zero attached hydrogens (tertiary/aromatic N) is 6. The smallest absolute Gasteiger partial charge is 0.293 e. The highest BCUT2D eigenvalue weighted by Gasteiger charge is 2.32. The van der Waals surface area contributed by atoms with Gasteiger partial charge in [0, 0.05) is 44.4 Å². The van der Waals surface area contributed by atoms with Crippen LogP contribution in [-0.4, -0.2) is 58.4 Å². The van der Waals surface area contributed by atoms with E-state index in [-0.39, 0.29) is 16.5 Å². The summed E-state index contributed by atoms with van der Waals surface area (Å²) < 4.78 is 29.8. The number of hydrogen-bond donors (Lipinski definition) is 0. The van der Waals surface area contributed by atoms with E-state index in [2.05, 4.69) is 10.2 Å². The minimum atomic E-state index is -3.77. The zero-order valence-corrected chi connectivity index (χ0v) is 19.7. The lowest BCUT2D eigenvalue weighted by Gasteiger charge is -2.33. The molecule has 0 spiro atoms. The predicted octanol–water partition coefficient (Wildman–Crippen LogP) is 3.59. The minimum Gasteiger partial charge on any atom is -0.365 e. The third-order valence-electron chi connectivity index (χ3n) is 6.81. The summed E-state index contributed by atoms with van der Waals surface area (Å²) in [5.41, 5.74) is 1.03. The van der Waals surface area contributed by atoms with Crippen LogP contribution in [0.5, 0.6) is 0 Å². The summed E-state index contributed by atoms with van der Waals surface area (Å²) in [7, 11) is -3.77. The number of aromatic nitrogens is 3. The second-order valence-electron chi connectivity index (χ2n) is 9.00. The first-order valence-corrected chi connectivity index (χ1v) is 13.2. The van der Waals surface area contributed by atoms with Crippen molar-refractivity contribution >= 4 is 27.0 Å². The predicted molar refractivity (Wildman–Crippen MR) is 127 cm³/mol. The van der Waals surface area contributed by atoms with Crippen molar-refractivity contribution in [2.45, 2.75) is 49.3 Å². The Bertz CT molecular complexity index is 1300. The molecule has 3 aromatic rings. The molecule has 2 aromatic heterocycles. The number of sulfonamides is 1. The van der Waals surface area contributed by atoms with Gasteiger partial charge in [0.2, 0.25) is 10.0 Å². The van der Waals surface area contributed by atoms with Gasteiger partial charge in [-0.05, 0) is 49.9 Å². The number of nitro benzene ring substituents is 1. The number of benzene rings is 1. The molecular weight excluding hydrogens is 456 g/mol. The molecule has 0 bridgehead atoms. The highest BCUT2D eigenvalue weighted by atomic mass is 32.2. The average Bonchev–Trinajstić information content (AvgIpc) is 3.08. The Hall–Kier alpha value is -3.05. The third kappa shape index (κ3) is 4.25. The second-order valence-corrected chi connectivity index (χ2v) is 10.9. The molecule has 1 aromatic carbocycles. The van der Waals surface area contributed by atoms with E-state index in [1.54, 1.807) is 6.07 Å². The average molecular weight is 485 g/mol. The fourth-order valence-electron chi connectivity index (χ4n) is 5.05. The van der Waals surface area contributed by atoms with Crippen LogP contribution < -0.4 is 4.90 Å². The van der Waals surface area contributed by atoms with Gasteiger partial charge in [-0.1, -0.05) is 18.9 Å². The van der Waals surface area contributed by atoms with Gasteiger partial charge >= 0.3 is 0 Å². The molecule has 2 aliphatic rings. The second kappa shape index (κ2) is 9.30. The van der Waals surface area contributed by atoms with Crippen molar-refractivity contribution < 1.29 is 13.3 Å². The quantitative estimate of drug-likeness (QED) is 0.402. The number of fused-ring (bicyclic) bond motifs is 1. The van der Waals surface area contributed by atoms with Gasteiger partial charge in [-0.2, -0.15) is 4.31 Å². The summed E-state index contributed by atoms with van der Waals surface area (Å²) in [6.45, 7) is 2.12. The normalized spacial score (nSPS) is 20.4. The standard InChI is InChI=1S/C23H28N6O4S/c30-29(31)21-16-19(34(32,33)27-13-4-1-2-5-14-27)10-11-20(21)26-12-7-8-18(17-26)23-25-24-22-9-3-6-15-28(22)23/h3,6,9-11,15-16,18H,1-2,4-5,7-8,12-14,17H2. The van der Waals surface area contributed by atoms with Crippen LogP contribution >= 0.6 is 0 Å². The molecule has 2 aliphatic heterocycles. The Morgan fingerprint density at radius 1 is 0.971 bits per heavy atom. The molecule has 11 heteroatoms. The van der Waals surface area contributed by atoms with Crippen molar-refractivity contribution in [2.75, 3.05) is 31.1 Å². The topological polar surface area (TPSA) is 114 Å². The molecule has 1 unspecified atom stereocenters. The van der Waals surface area contributed by atoms with Gasteiger partial charge in [0.15, 0.2) is 5.65 Å². The fraction of sp³-hybridized carbons (Fsp3) is 0.478. The Kier molecular flexibility index (Phi) is 6.22. The summed E-state index contributed by atoms with van der Waals surface area (Å²) in [5.74, 6) is 0.898. The SMILES string of the molecule is O=[N+]([O-])c1cc(S(=O)(=O)N2CCCCCC2)ccc1N1CCCC(c2nnc3ccccn23)C1. The summed E-state index contributed by atoms with van der Waals surface area (Å²) in [6, 6.07) is 10.1. The van der Waals surface area contributed by atoms with Crippen LogP contribution in [-0.2, 0) is 10.0 Å². The zero-order valence-electron chi connectivity index (χ0n) is 18.9. The summed E-state index contributed by atoms with van der Waals surface area (Å²) in [6.07, 6.45) is 7.30. The van der Waals surface area contributed by atoms with Gasteiger partial charge < -0.3 is 4.90 Å². The molecule has 2 saturated heterocycles. The highest BCUT2D eigenvalue weighted by molar-refractivity contribution is 7.89. The van der Waals surface area contributed by atoms with Crippen LogP contribution in [0.15, 0.2) is 47.5 Å². The summed E-state index contributed by atoms with van der Waals surface area (Å²) in [5, 5.41) is 20.6. The van der Waals surface area contributed by atoms with Crippen LogP contribution in [0.4, 0.5) is 11.4 Å². The maximum atomic E-state index is 13.2. The molecule has 10 nitrogen and oxygen atoms in total. The van der Waals surface area contributed by atoms with Gasteiger partial charge in [-0.15, -0.1) is 10.2 Å². The van der Waals surface area contributed by atoms with Gasteiger partial charge in [0.25, 0.3) is 5.69 Å². The first kappa shape index (κ1) is 22.7. The largest absolute Gasteiger partial charge is 0.365 e. The van der Waals surface area contributed by atoms with Crippen LogP contribution in [0, 0.1) is 10.1 Å². The molecule has 2 fully saturated rings. The van der Waals surface area contributed by atoms with Crippen LogP contribution in [0.1, 0.15) is 50.3 Å². The maximum Gasteiger partial charge on any atom is 0.293 e. The molecule has 5 rings (SSSR count). The lowest BCUT2D eigenvalue weighted by molar-refractivity contribution is -0.384. The fourth-order valence-corrected chi connectivity index (χ4v) is 6.59. The van der Waals surface area contributed by atoms with E-state index in [0.717, 1.165) is 50.0 Å². The number of hydrogen-bond acceptors (Lipinski definition) is 7. The Balaban J connectivity index is 1.44. The zero-order chi connectivity index (χ0) is 23.7. The number of piperidine rings is 1. The molecule has 0 amide bonds. The molecule has 34 heavy (non-hydrogen) atoms. The van der Waals surface area contributed by atoms with E-state index in [9.17, 15) is 18.5 Å². The molecule has 0 radical (unpaired) electrons. The molecule has 180 valence electrons. The van der Waals surface area contributed by atoms with Crippen molar-refractivity contribution in [3.8, 4) is 0 Å². The number of pyridine rings is 1. The van der Waals surface area contributed by atoms with Crippen molar-refractivity contribution in [1.29, 1.82) is 0 Å². The number of anilines is 1. The van der Waals surface area contributed by atoms with E-state index in [1.807, 2.05) is 33.7 Å². The van der Waals surface area contributed by atoms with Crippen LogP contribution in [0.3, 0.4) is 0 Å². The first-order valence-electron chi connectivity index (χ1n) is 11.8. The monoisotopic (exact) mass is 484 g/mol. The Morgan fingerprint density at radius 2 is 1.76 bits per heavy atom. The minimum absolute atomic E-state index is 0.0122. The molecule has 0 aliphatic carbocycles. The highest BCUT2D eigenvalue weighted by Crippen LogP contribution is 2.36. The van der Waals surface area contributed by atoms with Gasteiger partial charge in [-0.25, -0.2) is 8.42 Å². The van der Waals surface area contributed by atoms with Crippen LogP contribution in [0.25, 0.3) is 5.65 Å². The summed E-state index contributed by atoms with van der Waals surface area (Å²) in [4.78, 5) is 13.5. The Labute approximate surface area is 198 Å². The lowest BCUT2D eigenvalue weighted by Crippen LogP contribution is -2.35. The van der Waals surface area contributed by atoms with Crippen molar-refractivity contribution in [1.82, 2.24) is 18.9 Å². The van der Waals surface area contributed by atoms with E-state index < -0.39 is 14.9 Å². The molecule has 1 atom stereocenters. The van der Waals surface area contributed by atoms with Gasteiger partial charge in [-0.3, -0.25) is 14.5 Å². The molecule has 0 N–H and O–H groups in total. The lowest BCUT2D eigenvalue weighted by atomic mass is 9.96. The van der Waals surface area contributed by atoms with Crippen LogP contribution in [0.2, 0.25) is 0 Å². The number of nitro groups is 1. The van der Waals surface area contributed by atoms with Crippen molar-refractivity contribution in [2.24, 2.45) is 0 Å². The van der Waals surface area contributed by atoms with E-state index in [0.29, 0.717) is 31.9 Å². The van der Waals surface area contributed by atoms with E-state index in [1.165, 1.54) is 16.4 Å². The first-order chi connectivity index (χ1) is 16.4. The third-order valence-corrected chi connectivity index (χ3v) is 8.71. The van der Waals surface area contributed by atoms with E-state index >= 15 is 0 Å². The summed E-state index contributed by atoms with van der Waals surface area (Å²) >= 11 is 0. The molecule has 0 saturated carbocycles. The Morgan fingerprint density at radius 3 is 2.53 bits per heavy atom. The van der Waals surface area contributed by atoms with Gasteiger partial charge in [0.05, 0.1) is 9.82 Å². The number of rotatable bonds is 5. The van der Waals surface area contributed by atoms with Crippen molar-refractivity contribution in [3.05, 3.63) is 58.5 Å². The van der Waals surface area contributed by atoms with Crippen molar-refractivity contribution in [3.63, 3.8) is 0 Å². The van der Waals surface area contributed by atoms with Gasteiger partial charge in [0.1, 0.15) is 11.5 Å². The molecule has 4 heterocycles. The molecular formula is C23H28N6O4S. The maximum absolute atomic E-state index is 13.2.